The molecule has 0 saturated carbocycles. The Bertz CT molecular complexity index is 609. The van der Waals surface area contributed by atoms with Crippen LogP contribution in [0.3, 0.4) is 0 Å². The maximum atomic E-state index is 14.6. The normalized spacial score (nSPS) is 22.7. The highest BCUT2D eigenvalue weighted by Crippen LogP contribution is 2.31. The first-order valence-electron chi connectivity index (χ1n) is 9.34. The van der Waals surface area contributed by atoms with E-state index >= 15 is 0 Å². The van der Waals surface area contributed by atoms with Gasteiger partial charge in [0.25, 0.3) is 0 Å². The topological polar surface area (TPSA) is 53.6 Å². The molecule has 2 N–H and O–H groups in total. The van der Waals surface area contributed by atoms with E-state index in [1.54, 1.807) is 12.1 Å². The maximum absolute atomic E-state index is 14.6. The molecule has 3 rings (SSSR count). The third-order valence-corrected chi connectivity index (χ3v) is 5.56. The summed E-state index contributed by atoms with van der Waals surface area (Å²) in [6.45, 7) is 6.02. The zero-order valence-electron chi connectivity index (χ0n) is 15.5. The van der Waals surface area contributed by atoms with Crippen LogP contribution in [0.4, 0.5) is 4.39 Å². The maximum Gasteiger partial charge on any atom is 0.223 e. The molecule has 1 aromatic rings. The highest BCUT2D eigenvalue weighted by Gasteiger charge is 2.30. The number of carbonyl (C=O) groups is 1. The number of hydrogen-bond acceptors (Lipinski definition) is 4. The number of amides is 1. The van der Waals surface area contributed by atoms with Crippen LogP contribution < -0.4 is 10.6 Å². The Kier molecular flexibility index (Phi) is 8.76. The molecule has 2 saturated heterocycles. The van der Waals surface area contributed by atoms with Gasteiger partial charge in [0.15, 0.2) is 0 Å². The van der Waals surface area contributed by atoms with Gasteiger partial charge in [-0.2, -0.15) is 0 Å². The standard InChI is InChI=1S/C19H27ClFN3O2.ClH/c1-13-12-24(9-10-26-13)17(18-15(20)3-2-4-16(18)21)11-23-19(25)14-5-7-22-8-6-14;/h2-4,13-14,17,22H,5-12H2,1H3,(H,23,25);1H. The molecule has 1 aromatic carbocycles. The van der Waals surface area contributed by atoms with Gasteiger partial charge in [0.2, 0.25) is 5.91 Å². The summed E-state index contributed by atoms with van der Waals surface area (Å²) in [5.41, 5.74) is 0.453. The fraction of sp³-hybridized carbons (Fsp3) is 0.632. The number of benzene rings is 1. The van der Waals surface area contributed by atoms with Gasteiger partial charge in [-0.15, -0.1) is 12.4 Å². The van der Waals surface area contributed by atoms with Crippen LogP contribution in [-0.2, 0) is 9.53 Å². The molecule has 0 aliphatic carbocycles. The lowest BCUT2D eigenvalue weighted by atomic mass is 9.96. The van der Waals surface area contributed by atoms with Crippen LogP contribution >= 0.6 is 24.0 Å². The first kappa shape index (κ1) is 22.4. The smallest absolute Gasteiger partial charge is 0.223 e. The highest BCUT2D eigenvalue weighted by atomic mass is 35.5. The molecule has 152 valence electrons. The Labute approximate surface area is 171 Å². The molecule has 1 amide bonds. The molecule has 2 heterocycles. The van der Waals surface area contributed by atoms with Crippen molar-refractivity contribution < 1.29 is 13.9 Å². The second-order valence-electron chi connectivity index (χ2n) is 7.10. The fourth-order valence-electron chi connectivity index (χ4n) is 3.80. The molecule has 0 bridgehead atoms. The molecule has 2 fully saturated rings. The molecule has 0 aromatic heterocycles. The summed E-state index contributed by atoms with van der Waals surface area (Å²) in [6, 6.07) is 4.42. The fourth-order valence-corrected chi connectivity index (χ4v) is 4.09. The molecule has 8 heteroatoms. The molecular formula is C19H28Cl2FN3O2. The molecular weight excluding hydrogens is 392 g/mol. The lowest BCUT2D eigenvalue weighted by Gasteiger charge is -2.38. The molecule has 5 nitrogen and oxygen atoms in total. The van der Waals surface area contributed by atoms with E-state index in [0.29, 0.717) is 36.8 Å². The van der Waals surface area contributed by atoms with Crippen molar-refractivity contribution in [3.05, 3.63) is 34.6 Å². The van der Waals surface area contributed by atoms with E-state index in [9.17, 15) is 9.18 Å². The number of carbonyl (C=O) groups excluding carboxylic acids is 1. The van der Waals surface area contributed by atoms with Crippen molar-refractivity contribution in [3.8, 4) is 0 Å². The summed E-state index contributed by atoms with van der Waals surface area (Å²) in [7, 11) is 0. The summed E-state index contributed by atoms with van der Waals surface area (Å²) in [4.78, 5) is 14.7. The van der Waals surface area contributed by atoms with E-state index in [-0.39, 0.29) is 42.2 Å². The number of piperidine rings is 1. The van der Waals surface area contributed by atoms with Gasteiger partial charge in [-0.1, -0.05) is 17.7 Å². The molecule has 2 aliphatic rings. The average Bonchev–Trinajstić information content (AvgIpc) is 2.64. The Morgan fingerprint density at radius 3 is 2.85 bits per heavy atom. The highest BCUT2D eigenvalue weighted by molar-refractivity contribution is 6.31. The second kappa shape index (κ2) is 10.6. The van der Waals surface area contributed by atoms with Crippen molar-refractivity contribution in [1.29, 1.82) is 0 Å². The summed E-state index contributed by atoms with van der Waals surface area (Å²) < 4.78 is 20.2. The van der Waals surface area contributed by atoms with Crippen molar-refractivity contribution >= 4 is 29.9 Å². The molecule has 2 atom stereocenters. The summed E-state index contributed by atoms with van der Waals surface area (Å²) >= 11 is 6.32. The van der Waals surface area contributed by atoms with Crippen molar-refractivity contribution in [2.24, 2.45) is 5.92 Å². The van der Waals surface area contributed by atoms with Crippen LogP contribution in [0.15, 0.2) is 18.2 Å². The summed E-state index contributed by atoms with van der Waals surface area (Å²) in [6.07, 6.45) is 1.74. The van der Waals surface area contributed by atoms with Crippen LogP contribution in [-0.4, -0.2) is 56.2 Å². The predicted molar refractivity (Wildman–Crippen MR) is 107 cm³/mol. The number of ether oxygens (including phenoxy) is 1. The quantitative estimate of drug-likeness (QED) is 0.770. The van der Waals surface area contributed by atoms with Crippen molar-refractivity contribution in [1.82, 2.24) is 15.5 Å². The van der Waals surface area contributed by atoms with E-state index in [2.05, 4.69) is 15.5 Å². The van der Waals surface area contributed by atoms with Crippen LogP contribution in [0.5, 0.6) is 0 Å². The zero-order chi connectivity index (χ0) is 18.5. The Morgan fingerprint density at radius 2 is 2.19 bits per heavy atom. The van der Waals surface area contributed by atoms with Crippen molar-refractivity contribution in [2.45, 2.75) is 31.9 Å². The number of nitrogens with one attached hydrogen (secondary N) is 2. The third-order valence-electron chi connectivity index (χ3n) is 5.23. The van der Waals surface area contributed by atoms with Gasteiger partial charge in [0.05, 0.1) is 18.8 Å². The minimum Gasteiger partial charge on any atom is -0.376 e. The number of nitrogens with zero attached hydrogens (tertiary/aromatic N) is 1. The summed E-state index contributed by atoms with van der Waals surface area (Å²) in [5.74, 6) is -0.264. The van der Waals surface area contributed by atoms with E-state index in [4.69, 9.17) is 16.3 Å². The Hall–Kier alpha value is -0.920. The number of hydrogen-bond donors (Lipinski definition) is 2. The van der Waals surface area contributed by atoms with Gasteiger partial charge in [-0.05, 0) is 45.0 Å². The first-order chi connectivity index (χ1) is 12.6. The lowest BCUT2D eigenvalue weighted by molar-refractivity contribution is -0.126. The average molecular weight is 420 g/mol. The van der Waals surface area contributed by atoms with Gasteiger partial charge in [0.1, 0.15) is 5.82 Å². The zero-order valence-corrected chi connectivity index (χ0v) is 17.1. The van der Waals surface area contributed by atoms with E-state index in [0.717, 1.165) is 25.9 Å². The molecule has 27 heavy (non-hydrogen) atoms. The van der Waals surface area contributed by atoms with E-state index in [1.807, 2.05) is 6.92 Å². The monoisotopic (exact) mass is 419 g/mol. The molecule has 2 unspecified atom stereocenters. The van der Waals surface area contributed by atoms with Gasteiger partial charge in [0, 0.05) is 36.1 Å². The number of halogens is 3. The molecule has 0 radical (unpaired) electrons. The Morgan fingerprint density at radius 1 is 1.44 bits per heavy atom. The van der Waals surface area contributed by atoms with Gasteiger partial charge < -0.3 is 15.4 Å². The van der Waals surface area contributed by atoms with Gasteiger partial charge >= 0.3 is 0 Å². The van der Waals surface area contributed by atoms with Crippen molar-refractivity contribution in [2.75, 3.05) is 39.3 Å². The van der Waals surface area contributed by atoms with Crippen molar-refractivity contribution in [3.63, 3.8) is 0 Å². The van der Waals surface area contributed by atoms with Gasteiger partial charge in [-0.25, -0.2) is 4.39 Å². The summed E-state index contributed by atoms with van der Waals surface area (Å²) in [5, 5.41) is 6.70. The molecule has 0 spiro atoms. The number of morpholine rings is 1. The number of rotatable bonds is 5. The van der Waals surface area contributed by atoms with Crippen LogP contribution in [0.1, 0.15) is 31.4 Å². The largest absolute Gasteiger partial charge is 0.376 e. The van der Waals surface area contributed by atoms with Crippen LogP contribution in [0, 0.1) is 11.7 Å². The van der Waals surface area contributed by atoms with Gasteiger partial charge in [-0.3, -0.25) is 9.69 Å². The minimum atomic E-state index is -0.335. The predicted octanol–water partition coefficient (Wildman–Crippen LogP) is 2.78. The second-order valence-corrected chi connectivity index (χ2v) is 7.50. The minimum absolute atomic E-state index is 0. The van der Waals surface area contributed by atoms with Crippen LogP contribution in [0.25, 0.3) is 0 Å². The lowest BCUT2D eigenvalue weighted by Crippen LogP contribution is -2.48. The van der Waals surface area contributed by atoms with Crippen LogP contribution in [0.2, 0.25) is 5.02 Å². The third kappa shape index (κ3) is 5.78. The Balaban J connectivity index is 0.00000261. The van der Waals surface area contributed by atoms with E-state index in [1.165, 1.54) is 6.07 Å². The SMILES string of the molecule is CC1CN(C(CNC(=O)C2CCNCC2)c2c(F)cccc2Cl)CCO1.Cl. The molecule has 2 aliphatic heterocycles. The first-order valence-corrected chi connectivity index (χ1v) is 9.72. The van der Waals surface area contributed by atoms with E-state index < -0.39 is 0 Å².